The second kappa shape index (κ2) is 9.54. The van der Waals surface area contributed by atoms with Gasteiger partial charge in [0.1, 0.15) is 6.07 Å². The van der Waals surface area contributed by atoms with Gasteiger partial charge in [0.05, 0.1) is 12.2 Å². The number of nitriles is 1. The van der Waals surface area contributed by atoms with Gasteiger partial charge in [0.15, 0.2) is 12.1 Å². The topological polar surface area (TPSA) is 59.3 Å². The maximum Gasteiger partial charge on any atom is 0.178 e. The maximum atomic E-state index is 13.3. The zero-order valence-electron chi connectivity index (χ0n) is 26.1. The lowest BCUT2D eigenvalue weighted by Gasteiger charge is -2.71. The lowest BCUT2D eigenvalue weighted by molar-refractivity contribution is -0.235. The molecule has 0 aromatic rings. The minimum atomic E-state index is -0.482. The van der Waals surface area contributed by atoms with Crippen molar-refractivity contribution in [3.05, 3.63) is 23.8 Å². The van der Waals surface area contributed by atoms with Crippen LogP contribution in [0.3, 0.4) is 0 Å². The van der Waals surface area contributed by atoms with Crippen LogP contribution in [-0.2, 0) is 14.3 Å². The molecule has 4 nitrogen and oxygen atoms in total. The number of allylic oxidation sites excluding steroid dienone is 3. The van der Waals surface area contributed by atoms with E-state index < -0.39 is 5.41 Å². The zero-order valence-corrected chi connectivity index (χ0v) is 26.1. The summed E-state index contributed by atoms with van der Waals surface area (Å²) in [5.41, 5.74) is 1.80. The molecule has 0 radical (unpaired) electrons. The molecule has 40 heavy (non-hydrogen) atoms. The third-order valence-corrected chi connectivity index (χ3v) is 14.4. The average Bonchev–Trinajstić information content (AvgIpc) is 3.31. The molecule has 0 spiro atoms. The van der Waals surface area contributed by atoms with Crippen molar-refractivity contribution in [3.8, 4) is 6.07 Å². The third-order valence-electron chi connectivity index (χ3n) is 14.4. The van der Waals surface area contributed by atoms with Crippen LogP contribution in [0.5, 0.6) is 0 Å². The average molecular weight is 548 g/mol. The highest BCUT2D eigenvalue weighted by molar-refractivity contribution is 6.04. The lowest BCUT2D eigenvalue weighted by Crippen LogP contribution is -2.66. The first-order valence-electron chi connectivity index (χ1n) is 16.4. The Labute approximate surface area is 243 Å². The molecule has 2 unspecified atom stereocenters. The van der Waals surface area contributed by atoms with E-state index in [-0.39, 0.29) is 33.7 Å². The van der Waals surface area contributed by atoms with Gasteiger partial charge >= 0.3 is 0 Å². The first-order valence-corrected chi connectivity index (χ1v) is 16.4. The van der Waals surface area contributed by atoms with Crippen LogP contribution in [0.4, 0.5) is 0 Å². The van der Waals surface area contributed by atoms with Crippen molar-refractivity contribution in [2.24, 2.45) is 56.7 Å². The smallest absolute Gasteiger partial charge is 0.178 e. The molecule has 1 saturated heterocycles. The Morgan fingerprint density at radius 2 is 1.77 bits per heavy atom. The SMILES string of the molecule is C=C(C)[C@@H]1CC[C@]2(COC3CCCCO3)CC[C@]3(C)[C@H](CC[C@@H]4[C@@]5(C)C=C(C#N)C(=O)C(C)(C)[C@@H]5CC[C@]43C)C12. The van der Waals surface area contributed by atoms with E-state index in [9.17, 15) is 10.1 Å². The molecule has 4 saturated carbocycles. The fraction of sp³-hybridized carbons (Fsp3) is 0.833. The number of Topliss-reactive ketones (excluding diaryl/α,β-unsaturated/α-hetero) is 1. The van der Waals surface area contributed by atoms with Gasteiger partial charge in [-0.2, -0.15) is 5.26 Å². The van der Waals surface area contributed by atoms with Gasteiger partial charge < -0.3 is 9.47 Å². The molecule has 5 fully saturated rings. The normalized spacial score (nSPS) is 49.5. The molecule has 5 aliphatic carbocycles. The van der Waals surface area contributed by atoms with Crippen molar-refractivity contribution in [2.75, 3.05) is 13.2 Å². The quantitative estimate of drug-likeness (QED) is 0.331. The largest absolute Gasteiger partial charge is 0.353 e. The predicted molar refractivity (Wildman–Crippen MR) is 158 cm³/mol. The van der Waals surface area contributed by atoms with Gasteiger partial charge in [-0.15, -0.1) is 0 Å². The van der Waals surface area contributed by atoms with E-state index in [1.165, 1.54) is 56.9 Å². The predicted octanol–water partition coefficient (Wildman–Crippen LogP) is 8.43. The van der Waals surface area contributed by atoms with Crippen molar-refractivity contribution < 1.29 is 14.3 Å². The van der Waals surface area contributed by atoms with Crippen LogP contribution < -0.4 is 0 Å². The van der Waals surface area contributed by atoms with E-state index in [0.717, 1.165) is 32.5 Å². The Morgan fingerprint density at radius 1 is 1.00 bits per heavy atom. The summed E-state index contributed by atoms with van der Waals surface area (Å²) >= 11 is 0. The highest BCUT2D eigenvalue weighted by Crippen LogP contribution is 2.77. The fourth-order valence-corrected chi connectivity index (χ4v) is 12.2. The number of fused-ring (bicyclic) bond motifs is 7. The van der Waals surface area contributed by atoms with Gasteiger partial charge in [0.2, 0.25) is 0 Å². The Kier molecular flexibility index (Phi) is 6.83. The Bertz CT molecular complexity index is 1140. The van der Waals surface area contributed by atoms with Gasteiger partial charge in [-0.1, -0.05) is 52.8 Å². The monoisotopic (exact) mass is 547 g/mol. The summed E-state index contributed by atoms with van der Waals surface area (Å²) < 4.78 is 12.6. The van der Waals surface area contributed by atoms with Gasteiger partial charge in [0.25, 0.3) is 0 Å². The molecule has 4 heteroatoms. The van der Waals surface area contributed by atoms with Crippen LogP contribution in [0.25, 0.3) is 0 Å². The first-order chi connectivity index (χ1) is 18.8. The van der Waals surface area contributed by atoms with E-state index in [2.05, 4.69) is 60.3 Å². The molecule has 6 rings (SSSR count). The van der Waals surface area contributed by atoms with Gasteiger partial charge in [-0.3, -0.25) is 4.79 Å². The molecule has 0 N–H and O–H groups in total. The summed E-state index contributed by atoms with van der Waals surface area (Å²) in [6, 6.07) is 2.31. The van der Waals surface area contributed by atoms with E-state index in [1.54, 1.807) is 0 Å². The van der Waals surface area contributed by atoms with Crippen molar-refractivity contribution >= 4 is 5.78 Å². The number of rotatable bonds is 4. The van der Waals surface area contributed by atoms with Crippen molar-refractivity contribution in [2.45, 2.75) is 118 Å². The Morgan fingerprint density at radius 3 is 2.45 bits per heavy atom. The van der Waals surface area contributed by atoms with Crippen LogP contribution in [0.2, 0.25) is 0 Å². The minimum absolute atomic E-state index is 0.0251. The molecule has 220 valence electrons. The van der Waals surface area contributed by atoms with Crippen LogP contribution in [0.1, 0.15) is 112 Å². The number of carbonyl (C=O) groups is 1. The Balaban J connectivity index is 1.36. The maximum absolute atomic E-state index is 13.3. The first kappa shape index (κ1) is 28.7. The lowest BCUT2D eigenvalue weighted by atomic mass is 9.33. The number of carbonyl (C=O) groups excluding carboxylic acids is 1. The molecular weight excluding hydrogens is 494 g/mol. The molecule has 0 aromatic heterocycles. The molecule has 1 aliphatic heterocycles. The molecular formula is C36H53NO3. The Hall–Kier alpha value is -1.44. The van der Waals surface area contributed by atoms with Gasteiger partial charge in [-0.25, -0.2) is 0 Å². The summed E-state index contributed by atoms with van der Waals surface area (Å²) in [5, 5.41) is 9.99. The highest BCUT2D eigenvalue weighted by atomic mass is 16.7. The van der Waals surface area contributed by atoms with E-state index in [0.29, 0.717) is 35.2 Å². The number of ether oxygens (including phenoxy) is 2. The number of ketones is 1. The molecule has 0 amide bonds. The second-order valence-corrected chi connectivity index (χ2v) is 16.2. The van der Waals surface area contributed by atoms with Gasteiger partial charge in [-0.05, 0) is 129 Å². The van der Waals surface area contributed by atoms with Crippen LogP contribution in [0, 0.1) is 68.0 Å². The van der Waals surface area contributed by atoms with Gasteiger partial charge in [0, 0.05) is 12.0 Å². The third kappa shape index (κ3) is 3.78. The summed E-state index contributed by atoms with van der Waals surface area (Å²) in [4.78, 5) is 13.3. The standard InChI is InChI=1S/C36H53NO3/c1-23(2)25-13-16-36(22-40-29-10-8-9-19-39-29)18-17-34(6)26(30(25)36)11-12-28-33(5)20-24(21-37)31(38)32(3,4)27(33)14-15-35(28,34)7/h20,25-30H,1,8-19,22H2,2-7H3/t25-,26+,27-,28+,29?,30?,33-,34+,35+,36+/m0/s1. The van der Waals surface area contributed by atoms with Crippen LogP contribution in [-0.4, -0.2) is 25.3 Å². The number of hydrogen-bond acceptors (Lipinski definition) is 4. The van der Waals surface area contributed by atoms with E-state index in [1.807, 2.05) is 0 Å². The van der Waals surface area contributed by atoms with Crippen LogP contribution in [0.15, 0.2) is 23.8 Å². The minimum Gasteiger partial charge on any atom is -0.353 e. The van der Waals surface area contributed by atoms with Crippen molar-refractivity contribution in [3.63, 3.8) is 0 Å². The summed E-state index contributed by atoms with van der Waals surface area (Å²) in [7, 11) is 0. The molecule has 1 heterocycles. The van der Waals surface area contributed by atoms with Crippen molar-refractivity contribution in [1.82, 2.24) is 0 Å². The van der Waals surface area contributed by atoms with E-state index >= 15 is 0 Å². The highest BCUT2D eigenvalue weighted by Gasteiger charge is 2.70. The zero-order chi connectivity index (χ0) is 28.7. The van der Waals surface area contributed by atoms with Crippen LogP contribution >= 0.6 is 0 Å². The number of nitrogens with zero attached hydrogens (tertiary/aromatic N) is 1. The van der Waals surface area contributed by atoms with E-state index in [4.69, 9.17) is 9.47 Å². The molecule has 6 aliphatic rings. The van der Waals surface area contributed by atoms with Crippen molar-refractivity contribution in [1.29, 1.82) is 5.26 Å². The molecule has 0 aromatic carbocycles. The fourth-order valence-electron chi connectivity index (χ4n) is 12.2. The summed E-state index contributed by atoms with van der Waals surface area (Å²) in [6.45, 7) is 20.4. The number of hydrogen-bond donors (Lipinski definition) is 0. The molecule has 10 atom stereocenters. The summed E-state index contributed by atoms with van der Waals surface area (Å²) in [5.74, 6) is 2.68. The summed E-state index contributed by atoms with van der Waals surface area (Å²) in [6.07, 6.45) is 15.2. The molecule has 0 bridgehead atoms. The second-order valence-electron chi connectivity index (χ2n) is 16.2.